The number of carbonyl (C=O) groups excluding carboxylic acids is 1. The van der Waals surface area contributed by atoms with E-state index in [1.165, 1.54) is 295 Å². The summed E-state index contributed by atoms with van der Waals surface area (Å²) >= 11 is 0. The molecule has 524 valence electrons. The van der Waals surface area contributed by atoms with Gasteiger partial charge in [0.1, 0.15) is 13.2 Å². The van der Waals surface area contributed by atoms with Crippen molar-refractivity contribution in [1.82, 2.24) is 5.32 Å². The van der Waals surface area contributed by atoms with Crippen LogP contribution >= 0.6 is 7.82 Å². The van der Waals surface area contributed by atoms with E-state index in [2.05, 4.69) is 79.9 Å². The van der Waals surface area contributed by atoms with Crippen molar-refractivity contribution in [2.24, 2.45) is 0 Å². The fraction of sp³-hybridized carbons (Fsp3) is 0.863. The minimum absolute atomic E-state index is 0.0137. The maximum absolute atomic E-state index is 13.1. The Bertz CT molecular complexity index is 1640. The van der Waals surface area contributed by atoms with Gasteiger partial charge in [0.15, 0.2) is 0 Å². The average molecular weight is 1270 g/mol. The lowest BCUT2D eigenvalue weighted by molar-refractivity contribution is -0.870. The third kappa shape index (κ3) is 73.5. The number of aliphatic hydroxyl groups excluding tert-OH is 1. The van der Waals surface area contributed by atoms with Crippen LogP contribution in [0.25, 0.3) is 0 Å². The summed E-state index contributed by atoms with van der Waals surface area (Å²) in [6.07, 6.45) is 97.6. The topological polar surface area (TPSA) is 108 Å². The molecule has 0 aliphatic heterocycles. The van der Waals surface area contributed by atoms with Crippen LogP contribution in [0, 0.1) is 0 Å². The van der Waals surface area contributed by atoms with Crippen molar-refractivity contribution < 1.29 is 32.9 Å². The van der Waals surface area contributed by atoms with Crippen LogP contribution in [0.2, 0.25) is 0 Å². The number of nitrogens with one attached hydrogen (secondary N) is 1. The molecule has 3 unspecified atom stereocenters. The standard InChI is InChI=1S/C80H153N2O6P/c1-6-8-10-12-14-16-18-20-22-24-26-28-30-32-34-36-38-39-40-41-42-43-44-46-48-50-52-54-56-58-60-62-64-66-68-70-72-74-80(84)81-78(77-88-89(85,86)87-76-75-82(3,4)5)79(83)73-71-69-67-65-63-61-59-57-55-53-51-49-47-45-37-35-33-31-29-27-25-23-21-19-17-15-13-11-9-7-2/h8,10,14,16,20,22,26,28,32,34,78-79,83H,6-7,9,11-13,15,17-19,21,23-25,27,29-31,33,35-77H2,1-5H3,(H-,81,84,85,86)/b10-8-,16-14-,22-20-,28-26-,34-32-. The largest absolute Gasteiger partial charge is 0.756 e. The van der Waals surface area contributed by atoms with Crippen molar-refractivity contribution in [1.29, 1.82) is 0 Å². The minimum Gasteiger partial charge on any atom is -0.756 e. The predicted octanol–water partition coefficient (Wildman–Crippen LogP) is 24.9. The van der Waals surface area contributed by atoms with Gasteiger partial charge in [0, 0.05) is 6.42 Å². The lowest BCUT2D eigenvalue weighted by atomic mass is 10.0. The molecule has 0 aromatic carbocycles. The number of amides is 1. The van der Waals surface area contributed by atoms with Gasteiger partial charge in [0.2, 0.25) is 5.91 Å². The molecule has 0 saturated carbocycles. The van der Waals surface area contributed by atoms with Gasteiger partial charge in [-0.25, -0.2) is 0 Å². The Hall–Kier alpha value is -1.80. The summed E-state index contributed by atoms with van der Waals surface area (Å²) in [5.41, 5.74) is 0. The first-order valence-electron chi connectivity index (χ1n) is 39.1. The number of hydrogen-bond donors (Lipinski definition) is 2. The first-order valence-corrected chi connectivity index (χ1v) is 40.6. The maximum Gasteiger partial charge on any atom is 0.268 e. The first kappa shape index (κ1) is 87.2. The van der Waals surface area contributed by atoms with E-state index in [4.69, 9.17) is 9.05 Å². The SMILES string of the molecule is CC/C=C\C/C=C\C/C=C\C/C=C\C/C=C\CCCCCCCCCCCCCCCCCCCCCCCC(=O)NC(COP(=O)([O-])OCC[N+](C)(C)C)C(O)CCCCCCCCCCCCCCCCCCCCCCCCCCCCCCCC. The molecule has 0 aromatic heterocycles. The highest BCUT2D eigenvalue weighted by molar-refractivity contribution is 7.45. The third-order valence-corrected chi connectivity index (χ3v) is 19.0. The average Bonchev–Trinajstić information content (AvgIpc) is 3.57. The van der Waals surface area contributed by atoms with Crippen LogP contribution in [0.15, 0.2) is 60.8 Å². The second kappa shape index (κ2) is 70.5. The minimum atomic E-state index is -4.58. The van der Waals surface area contributed by atoms with Crippen molar-refractivity contribution in [3.05, 3.63) is 60.8 Å². The molecule has 0 spiro atoms. The Balaban J connectivity index is 3.93. The Morgan fingerprint density at radius 1 is 0.404 bits per heavy atom. The molecule has 89 heavy (non-hydrogen) atoms. The van der Waals surface area contributed by atoms with Crippen LogP contribution in [0.1, 0.15) is 393 Å². The Labute approximate surface area is 555 Å². The number of allylic oxidation sites excluding steroid dienone is 10. The van der Waals surface area contributed by atoms with E-state index < -0.39 is 20.0 Å². The van der Waals surface area contributed by atoms with Crippen LogP contribution in [0.4, 0.5) is 0 Å². The van der Waals surface area contributed by atoms with E-state index in [0.29, 0.717) is 23.9 Å². The van der Waals surface area contributed by atoms with E-state index in [0.717, 1.165) is 70.6 Å². The summed E-state index contributed by atoms with van der Waals surface area (Å²) < 4.78 is 23.6. The Kier molecular flexibility index (Phi) is 69.1. The Morgan fingerprint density at radius 2 is 0.685 bits per heavy atom. The van der Waals surface area contributed by atoms with Crippen molar-refractivity contribution in [3.8, 4) is 0 Å². The van der Waals surface area contributed by atoms with Crippen LogP contribution < -0.4 is 10.2 Å². The van der Waals surface area contributed by atoms with Gasteiger partial charge >= 0.3 is 0 Å². The zero-order valence-electron chi connectivity index (χ0n) is 60.2. The van der Waals surface area contributed by atoms with Crippen LogP contribution in [-0.4, -0.2) is 68.5 Å². The molecule has 0 saturated heterocycles. The zero-order valence-corrected chi connectivity index (χ0v) is 61.0. The number of phosphoric ester groups is 1. The molecule has 0 heterocycles. The van der Waals surface area contributed by atoms with Gasteiger partial charge in [0.05, 0.1) is 39.9 Å². The van der Waals surface area contributed by atoms with E-state index in [-0.39, 0.29) is 19.1 Å². The summed E-state index contributed by atoms with van der Waals surface area (Å²) in [5.74, 6) is -0.157. The van der Waals surface area contributed by atoms with E-state index in [1.54, 1.807) is 0 Å². The van der Waals surface area contributed by atoms with Gasteiger partial charge in [-0.1, -0.05) is 389 Å². The normalized spacial score (nSPS) is 13.8. The molecule has 3 atom stereocenters. The van der Waals surface area contributed by atoms with Crippen molar-refractivity contribution in [3.63, 3.8) is 0 Å². The molecular formula is C80H153N2O6P. The highest BCUT2D eigenvalue weighted by Crippen LogP contribution is 2.38. The highest BCUT2D eigenvalue weighted by Gasteiger charge is 2.24. The second-order valence-electron chi connectivity index (χ2n) is 28.0. The molecule has 1 amide bonds. The van der Waals surface area contributed by atoms with E-state index in [1.807, 2.05) is 21.1 Å². The van der Waals surface area contributed by atoms with E-state index in [9.17, 15) is 19.4 Å². The number of unbranched alkanes of at least 4 members (excludes halogenated alkanes) is 50. The quantitative estimate of drug-likeness (QED) is 0.0272. The number of quaternary nitrogens is 1. The number of carbonyl (C=O) groups is 1. The highest BCUT2D eigenvalue weighted by atomic mass is 31.2. The lowest BCUT2D eigenvalue weighted by Crippen LogP contribution is -2.46. The number of aliphatic hydroxyl groups is 1. The van der Waals surface area contributed by atoms with Crippen molar-refractivity contribution in [2.75, 3.05) is 40.9 Å². The summed E-state index contributed by atoms with van der Waals surface area (Å²) in [6, 6.07) is -0.803. The number of likely N-dealkylation sites (N-methyl/N-ethyl adjacent to an activating group) is 1. The van der Waals surface area contributed by atoms with Crippen molar-refractivity contribution in [2.45, 2.75) is 405 Å². The summed E-state index contributed by atoms with van der Waals surface area (Å²) in [5, 5.41) is 14.1. The van der Waals surface area contributed by atoms with Crippen LogP contribution in [0.3, 0.4) is 0 Å². The fourth-order valence-electron chi connectivity index (χ4n) is 12.0. The van der Waals surface area contributed by atoms with Crippen molar-refractivity contribution >= 4 is 13.7 Å². The third-order valence-electron chi connectivity index (χ3n) is 18.0. The maximum atomic E-state index is 13.1. The lowest BCUT2D eigenvalue weighted by Gasteiger charge is -2.30. The number of nitrogens with zero attached hydrogens (tertiary/aromatic N) is 1. The smallest absolute Gasteiger partial charge is 0.268 e. The number of phosphoric acid groups is 1. The van der Waals surface area contributed by atoms with Crippen LogP contribution in [0.5, 0.6) is 0 Å². The zero-order chi connectivity index (χ0) is 64.8. The molecule has 0 fully saturated rings. The molecule has 0 aliphatic rings. The molecule has 8 nitrogen and oxygen atoms in total. The fourth-order valence-corrected chi connectivity index (χ4v) is 12.7. The van der Waals surface area contributed by atoms with Gasteiger partial charge < -0.3 is 28.8 Å². The molecule has 0 radical (unpaired) electrons. The van der Waals surface area contributed by atoms with E-state index >= 15 is 0 Å². The monoisotopic (exact) mass is 1270 g/mol. The van der Waals surface area contributed by atoms with Gasteiger partial charge in [-0.2, -0.15) is 0 Å². The van der Waals surface area contributed by atoms with Gasteiger partial charge in [0.25, 0.3) is 7.82 Å². The summed E-state index contributed by atoms with van der Waals surface area (Å²) in [4.78, 5) is 25.7. The summed E-state index contributed by atoms with van der Waals surface area (Å²) in [6.45, 7) is 4.67. The number of rotatable bonds is 73. The molecule has 0 aliphatic carbocycles. The van der Waals surface area contributed by atoms with Gasteiger partial charge in [-0.15, -0.1) is 0 Å². The van der Waals surface area contributed by atoms with Crippen LogP contribution in [-0.2, 0) is 18.4 Å². The summed E-state index contributed by atoms with van der Waals surface area (Å²) in [7, 11) is 1.32. The number of hydrogen-bond acceptors (Lipinski definition) is 6. The van der Waals surface area contributed by atoms with Gasteiger partial charge in [-0.05, 0) is 57.8 Å². The molecule has 0 aromatic rings. The molecule has 0 bridgehead atoms. The van der Waals surface area contributed by atoms with Gasteiger partial charge in [-0.3, -0.25) is 9.36 Å². The second-order valence-corrected chi connectivity index (χ2v) is 29.5. The molecule has 2 N–H and O–H groups in total. The molecule has 9 heteroatoms. The Morgan fingerprint density at radius 3 is 1.00 bits per heavy atom. The first-order chi connectivity index (χ1) is 43.5. The molecule has 0 rings (SSSR count). The predicted molar refractivity (Wildman–Crippen MR) is 390 cm³/mol. The molecular weight excluding hydrogens is 1120 g/mol.